The van der Waals surface area contributed by atoms with Crippen LogP contribution in [0, 0.1) is 11.6 Å². The molecule has 6 nitrogen and oxygen atoms in total. The molecule has 1 N–H and O–H groups in total. The molecular weight excluding hydrogens is 356 g/mol. The number of aliphatic hydroxyl groups is 1. The standard InChI is InChI=1S/C19H25F2N3O3/c20-16-5-4-14(9-17(16)21)10-22-11-15(25)12-24(19(27)13-22)8-2-7-23-6-1-3-18(23)26/h4-5,9,15,25H,1-3,6-8,10-13H2. The number of aliphatic hydroxyl groups excluding tert-OH is 1. The lowest BCUT2D eigenvalue weighted by atomic mass is 10.2. The maximum Gasteiger partial charge on any atom is 0.236 e. The van der Waals surface area contributed by atoms with E-state index in [-0.39, 0.29) is 38.0 Å². The highest BCUT2D eigenvalue weighted by Crippen LogP contribution is 2.15. The van der Waals surface area contributed by atoms with Gasteiger partial charge in [0.2, 0.25) is 11.8 Å². The molecule has 1 aromatic rings. The van der Waals surface area contributed by atoms with Crippen LogP contribution < -0.4 is 0 Å². The number of carbonyl (C=O) groups is 2. The molecule has 8 heteroatoms. The van der Waals surface area contributed by atoms with E-state index in [0.29, 0.717) is 31.5 Å². The zero-order valence-electron chi connectivity index (χ0n) is 15.2. The van der Waals surface area contributed by atoms with Crippen molar-refractivity contribution in [1.82, 2.24) is 14.7 Å². The second-order valence-corrected chi connectivity index (χ2v) is 7.25. The van der Waals surface area contributed by atoms with Crippen molar-refractivity contribution in [2.24, 2.45) is 0 Å². The van der Waals surface area contributed by atoms with E-state index in [4.69, 9.17) is 0 Å². The molecule has 0 spiro atoms. The van der Waals surface area contributed by atoms with Crippen LogP contribution in [0.4, 0.5) is 8.78 Å². The predicted octanol–water partition coefficient (Wildman–Crippen LogP) is 0.982. The normalized spacial score (nSPS) is 21.8. The lowest BCUT2D eigenvalue weighted by molar-refractivity contribution is -0.131. The fourth-order valence-corrected chi connectivity index (χ4v) is 3.69. The summed E-state index contributed by atoms with van der Waals surface area (Å²) in [5.74, 6) is -1.78. The maximum absolute atomic E-state index is 13.4. The predicted molar refractivity (Wildman–Crippen MR) is 94.7 cm³/mol. The lowest BCUT2D eigenvalue weighted by Crippen LogP contribution is -2.39. The number of hydrogen-bond donors (Lipinski definition) is 1. The molecule has 1 aromatic carbocycles. The summed E-state index contributed by atoms with van der Waals surface area (Å²) in [5.41, 5.74) is 0.551. The number of halogens is 2. The topological polar surface area (TPSA) is 64.1 Å². The van der Waals surface area contributed by atoms with Gasteiger partial charge in [-0.25, -0.2) is 8.78 Å². The van der Waals surface area contributed by atoms with E-state index >= 15 is 0 Å². The molecular formula is C19H25F2N3O3. The van der Waals surface area contributed by atoms with Gasteiger partial charge >= 0.3 is 0 Å². The van der Waals surface area contributed by atoms with Crippen molar-refractivity contribution in [1.29, 1.82) is 0 Å². The van der Waals surface area contributed by atoms with E-state index in [1.54, 1.807) is 9.80 Å². The number of β-amino-alcohol motifs (C(OH)–C–C–N with tert-alkyl or cyclic N) is 1. The molecule has 3 rings (SSSR count). The fourth-order valence-electron chi connectivity index (χ4n) is 3.69. The van der Waals surface area contributed by atoms with Crippen molar-refractivity contribution < 1.29 is 23.5 Å². The number of likely N-dealkylation sites (tertiary alicyclic amines) is 1. The quantitative estimate of drug-likeness (QED) is 0.798. The van der Waals surface area contributed by atoms with Crippen molar-refractivity contribution >= 4 is 11.8 Å². The summed E-state index contributed by atoms with van der Waals surface area (Å²) in [6.07, 6.45) is 1.45. The van der Waals surface area contributed by atoms with Gasteiger partial charge in [-0.1, -0.05) is 6.07 Å². The number of carbonyl (C=O) groups excluding carboxylic acids is 2. The summed E-state index contributed by atoms with van der Waals surface area (Å²) in [7, 11) is 0. The Labute approximate surface area is 157 Å². The minimum Gasteiger partial charge on any atom is -0.390 e. The monoisotopic (exact) mass is 381 g/mol. The molecule has 0 aliphatic carbocycles. The highest BCUT2D eigenvalue weighted by Gasteiger charge is 2.27. The van der Waals surface area contributed by atoms with Crippen LogP contribution in [0.15, 0.2) is 18.2 Å². The van der Waals surface area contributed by atoms with E-state index in [9.17, 15) is 23.5 Å². The van der Waals surface area contributed by atoms with Gasteiger partial charge in [0.25, 0.3) is 0 Å². The Morgan fingerprint density at radius 1 is 1.04 bits per heavy atom. The van der Waals surface area contributed by atoms with Crippen LogP contribution in [-0.4, -0.2) is 77.0 Å². The fraction of sp³-hybridized carbons (Fsp3) is 0.579. The van der Waals surface area contributed by atoms with Gasteiger partial charge < -0.3 is 14.9 Å². The van der Waals surface area contributed by atoms with Gasteiger partial charge in [0.05, 0.1) is 12.6 Å². The van der Waals surface area contributed by atoms with Crippen molar-refractivity contribution in [2.45, 2.75) is 31.9 Å². The molecule has 0 radical (unpaired) electrons. The van der Waals surface area contributed by atoms with Crippen molar-refractivity contribution in [3.05, 3.63) is 35.4 Å². The summed E-state index contributed by atoms with van der Waals surface area (Å²) in [5, 5.41) is 10.2. The molecule has 0 aromatic heterocycles. The Hall–Kier alpha value is -2.06. The first-order valence-electron chi connectivity index (χ1n) is 9.32. The van der Waals surface area contributed by atoms with Gasteiger partial charge in [-0.15, -0.1) is 0 Å². The molecule has 2 amide bonds. The van der Waals surface area contributed by atoms with Gasteiger partial charge in [0, 0.05) is 45.7 Å². The molecule has 2 saturated heterocycles. The molecule has 2 fully saturated rings. The molecule has 2 aliphatic heterocycles. The first-order chi connectivity index (χ1) is 12.9. The number of rotatable bonds is 6. The third-order valence-corrected chi connectivity index (χ3v) is 5.03. The SMILES string of the molecule is O=C1CCCN1CCCN1CC(O)CN(Cc2ccc(F)c(F)c2)CC1=O. The zero-order valence-corrected chi connectivity index (χ0v) is 15.2. The van der Waals surface area contributed by atoms with Crippen LogP contribution in [0.2, 0.25) is 0 Å². The number of hydrogen-bond acceptors (Lipinski definition) is 4. The van der Waals surface area contributed by atoms with E-state index in [2.05, 4.69) is 0 Å². The van der Waals surface area contributed by atoms with E-state index < -0.39 is 17.7 Å². The summed E-state index contributed by atoms with van der Waals surface area (Å²) < 4.78 is 26.4. The Morgan fingerprint density at radius 3 is 2.52 bits per heavy atom. The van der Waals surface area contributed by atoms with Crippen LogP contribution in [0.1, 0.15) is 24.8 Å². The molecule has 0 bridgehead atoms. The summed E-state index contributed by atoms with van der Waals surface area (Å²) in [6.45, 7) is 2.77. The maximum atomic E-state index is 13.4. The van der Waals surface area contributed by atoms with E-state index in [1.807, 2.05) is 4.90 Å². The van der Waals surface area contributed by atoms with Gasteiger partial charge in [-0.05, 0) is 30.5 Å². The molecule has 2 aliphatic rings. The Bertz CT molecular complexity index is 701. The molecule has 0 saturated carbocycles. The second-order valence-electron chi connectivity index (χ2n) is 7.25. The van der Waals surface area contributed by atoms with Crippen LogP contribution in [0.3, 0.4) is 0 Å². The van der Waals surface area contributed by atoms with Crippen molar-refractivity contribution in [2.75, 3.05) is 39.3 Å². The molecule has 1 atom stereocenters. The Morgan fingerprint density at radius 2 is 1.81 bits per heavy atom. The molecule has 27 heavy (non-hydrogen) atoms. The molecule has 1 unspecified atom stereocenters. The molecule has 2 heterocycles. The van der Waals surface area contributed by atoms with Gasteiger partial charge in [0.1, 0.15) is 0 Å². The number of nitrogens with zero attached hydrogens (tertiary/aromatic N) is 3. The minimum atomic E-state index is -0.924. The Kier molecular flexibility index (Phi) is 6.38. The number of amides is 2. The third kappa shape index (κ3) is 5.23. The first-order valence-corrected chi connectivity index (χ1v) is 9.32. The zero-order chi connectivity index (χ0) is 19.4. The average Bonchev–Trinajstić information content (AvgIpc) is 2.96. The van der Waals surface area contributed by atoms with Crippen molar-refractivity contribution in [3.8, 4) is 0 Å². The summed E-state index contributed by atoms with van der Waals surface area (Å²) >= 11 is 0. The van der Waals surface area contributed by atoms with E-state index in [1.165, 1.54) is 6.07 Å². The average molecular weight is 381 g/mol. The van der Waals surface area contributed by atoms with Crippen LogP contribution >= 0.6 is 0 Å². The largest absolute Gasteiger partial charge is 0.390 e. The number of benzene rings is 1. The highest BCUT2D eigenvalue weighted by atomic mass is 19.2. The van der Waals surface area contributed by atoms with Gasteiger partial charge in [-0.3, -0.25) is 14.5 Å². The highest BCUT2D eigenvalue weighted by molar-refractivity contribution is 5.79. The van der Waals surface area contributed by atoms with Crippen molar-refractivity contribution in [3.63, 3.8) is 0 Å². The van der Waals surface area contributed by atoms with Crippen LogP contribution in [0.25, 0.3) is 0 Å². The van der Waals surface area contributed by atoms with Gasteiger partial charge in [0.15, 0.2) is 11.6 Å². The minimum absolute atomic E-state index is 0.109. The molecule has 148 valence electrons. The summed E-state index contributed by atoms with van der Waals surface area (Å²) in [6, 6.07) is 3.65. The lowest BCUT2D eigenvalue weighted by Gasteiger charge is -2.23. The first kappa shape index (κ1) is 19.7. The van der Waals surface area contributed by atoms with Crippen LogP contribution in [0.5, 0.6) is 0 Å². The Balaban J connectivity index is 1.53. The third-order valence-electron chi connectivity index (χ3n) is 5.03. The second kappa shape index (κ2) is 8.75. The van der Waals surface area contributed by atoms with E-state index in [0.717, 1.165) is 25.1 Å². The van der Waals surface area contributed by atoms with Crippen LogP contribution in [-0.2, 0) is 16.1 Å². The van der Waals surface area contributed by atoms with Gasteiger partial charge in [-0.2, -0.15) is 0 Å². The smallest absolute Gasteiger partial charge is 0.236 e. The summed E-state index contributed by atoms with van der Waals surface area (Å²) in [4.78, 5) is 29.3.